The number of alkyl halides is 2. The molecule has 6 nitrogen and oxygen atoms in total. The summed E-state index contributed by atoms with van der Waals surface area (Å²) in [4.78, 5) is 12.1. The van der Waals surface area contributed by atoms with Crippen molar-refractivity contribution in [1.29, 1.82) is 0 Å². The molecule has 0 bridgehead atoms. The lowest BCUT2D eigenvalue weighted by Crippen LogP contribution is -2.17. The number of nitrogens with two attached hydrogens (primary N) is 1. The van der Waals surface area contributed by atoms with Gasteiger partial charge in [0.2, 0.25) is 0 Å². The predicted molar refractivity (Wildman–Crippen MR) is 68.6 cm³/mol. The highest BCUT2D eigenvalue weighted by molar-refractivity contribution is 6.06. The first kappa shape index (κ1) is 13.8. The van der Waals surface area contributed by atoms with Gasteiger partial charge in [-0.3, -0.25) is 9.48 Å². The molecule has 0 aliphatic rings. The van der Waals surface area contributed by atoms with Crippen LogP contribution in [0, 0.1) is 0 Å². The van der Waals surface area contributed by atoms with Crippen LogP contribution in [-0.2, 0) is 7.05 Å². The number of nitrogens with zero attached hydrogens (tertiary/aromatic N) is 2. The molecule has 1 heterocycles. The molecule has 1 aromatic heterocycles. The van der Waals surface area contributed by atoms with Crippen LogP contribution in [0.3, 0.4) is 0 Å². The second-order valence-electron chi connectivity index (χ2n) is 3.90. The van der Waals surface area contributed by atoms with Gasteiger partial charge in [0, 0.05) is 7.05 Å². The predicted octanol–water partition coefficient (Wildman–Crippen LogP) is 1.86. The van der Waals surface area contributed by atoms with E-state index in [1.54, 1.807) is 13.1 Å². The molecule has 20 heavy (non-hydrogen) atoms. The van der Waals surface area contributed by atoms with E-state index >= 15 is 0 Å². The van der Waals surface area contributed by atoms with E-state index in [1.165, 1.54) is 29.1 Å². The van der Waals surface area contributed by atoms with Crippen LogP contribution in [0.2, 0.25) is 0 Å². The topological polar surface area (TPSA) is 82.2 Å². The minimum atomic E-state index is -3.01. The van der Waals surface area contributed by atoms with Crippen molar-refractivity contribution in [3.63, 3.8) is 0 Å². The first-order valence-electron chi connectivity index (χ1n) is 5.61. The van der Waals surface area contributed by atoms with E-state index in [2.05, 4.69) is 15.2 Å². The maximum absolute atomic E-state index is 12.3. The van der Waals surface area contributed by atoms with Gasteiger partial charge >= 0.3 is 6.61 Å². The number of benzene rings is 1. The molecule has 0 radical (unpaired) electrons. The first-order chi connectivity index (χ1) is 9.49. The molecule has 0 aliphatic carbocycles. The summed E-state index contributed by atoms with van der Waals surface area (Å²) in [6.45, 7) is -3.01. The molecule has 1 aromatic carbocycles. The van der Waals surface area contributed by atoms with Crippen LogP contribution in [0.25, 0.3) is 0 Å². The van der Waals surface area contributed by atoms with Crippen LogP contribution >= 0.6 is 0 Å². The average Bonchev–Trinajstić information content (AvgIpc) is 2.70. The second kappa shape index (κ2) is 5.55. The normalized spacial score (nSPS) is 10.6. The first-order valence-corrected chi connectivity index (χ1v) is 5.61. The summed E-state index contributed by atoms with van der Waals surface area (Å²) < 4.78 is 30.2. The highest BCUT2D eigenvalue weighted by Gasteiger charge is 2.17. The van der Waals surface area contributed by atoms with Gasteiger partial charge in [-0.25, -0.2) is 0 Å². The molecular formula is C12H12F2N4O2. The minimum absolute atomic E-state index is 0.0200. The Morgan fingerprint density at radius 3 is 2.75 bits per heavy atom. The van der Waals surface area contributed by atoms with Gasteiger partial charge in [0.1, 0.15) is 5.75 Å². The van der Waals surface area contributed by atoms with E-state index in [4.69, 9.17) is 5.73 Å². The maximum Gasteiger partial charge on any atom is 0.387 e. The molecule has 1 amide bonds. The van der Waals surface area contributed by atoms with Crippen molar-refractivity contribution in [3.05, 3.63) is 36.0 Å². The SMILES string of the molecule is Cn1ncc(N)c1NC(=O)c1ccccc1OC(F)F. The Bertz CT molecular complexity index is 608. The molecular weight excluding hydrogens is 270 g/mol. The Balaban J connectivity index is 2.26. The van der Waals surface area contributed by atoms with Gasteiger partial charge in [0.15, 0.2) is 5.82 Å². The quantitative estimate of drug-likeness (QED) is 0.896. The van der Waals surface area contributed by atoms with Crippen molar-refractivity contribution in [2.45, 2.75) is 6.61 Å². The number of aryl methyl sites for hydroxylation is 1. The molecule has 106 valence electrons. The van der Waals surface area contributed by atoms with Crippen molar-refractivity contribution in [1.82, 2.24) is 9.78 Å². The largest absolute Gasteiger partial charge is 0.434 e. The monoisotopic (exact) mass is 282 g/mol. The standard InChI is InChI=1S/C12H12F2N4O2/c1-18-10(8(15)6-16-18)17-11(19)7-4-2-3-5-9(7)20-12(13)14/h2-6,12H,15H2,1H3,(H,17,19). The van der Waals surface area contributed by atoms with E-state index < -0.39 is 12.5 Å². The number of aromatic nitrogens is 2. The Kier molecular flexibility index (Phi) is 3.83. The number of ether oxygens (including phenoxy) is 1. The summed E-state index contributed by atoms with van der Waals surface area (Å²) in [7, 11) is 1.59. The molecule has 0 saturated heterocycles. The van der Waals surface area contributed by atoms with Crippen LogP contribution in [0.15, 0.2) is 30.5 Å². The number of carbonyl (C=O) groups is 1. The summed E-state index contributed by atoms with van der Waals surface area (Å²) in [6, 6.07) is 5.69. The number of hydrogen-bond donors (Lipinski definition) is 2. The number of nitrogen functional groups attached to an aromatic ring is 1. The van der Waals surface area contributed by atoms with Gasteiger partial charge < -0.3 is 15.8 Å². The van der Waals surface area contributed by atoms with Gasteiger partial charge in [0.05, 0.1) is 17.4 Å². The zero-order chi connectivity index (χ0) is 14.7. The average molecular weight is 282 g/mol. The Morgan fingerprint density at radius 2 is 2.15 bits per heavy atom. The fourth-order valence-corrected chi connectivity index (χ4v) is 1.64. The molecule has 0 saturated carbocycles. The number of nitrogens with one attached hydrogen (secondary N) is 1. The van der Waals surface area contributed by atoms with E-state index in [9.17, 15) is 13.6 Å². The van der Waals surface area contributed by atoms with Gasteiger partial charge in [-0.15, -0.1) is 0 Å². The van der Waals surface area contributed by atoms with E-state index in [1.807, 2.05) is 0 Å². The highest BCUT2D eigenvalue weighted by Crippen LogP contribution is 2.23. The van der Waals surface area contributed by atoms with Crippen molar-refractivity contribution in [3.8, 4) is 5.75 Å². The van der Waals surface area contributed by atoms with E-state index in [0.717, 1.165) is 0 Å². The smallest absolute Gasteiger partial charge is 0.387 e. The Hall–Kier alpha value is -2.64. The fourth-order valence-electron chi connectivity index (χ4n) is 1.64. The molecule has 2 aromatic rings. The van der Waals surface area contributed by atoms with Gasteiger partial charge in [-0.1, -0.05) is 12.1 Å². The summed E-state index contributed by atoms with van der Waals surface area (Å²) in [5, 5.41) is 6.36. The third kappa shape index (κ3) is 2.85. The van der Waals surface area contributed by atoms with Crippen LogP contribution in [0.5, 0.6) is 5.75 Å². The Labute approximate surface area is 113 Å². The molecule has 2 rings (SSSR count). The fraction of sp³-hybridized carbons (Fsp3) is 0.167. The zero-order valence-electron chi connectivity index (χ0n) is 10.5. The molecule has 8 heteroatoms. The molecule has 0 spiro atoms. The van der Waals surface area contributed by atoms with Crippen molar-refractivity contribution in [2.75, 3.05) is 11.1 Å². The van der Waals surface area contributed by atoms with E-state index in [-0.39, 0.29) is 22.8 Å². The van der Waals surface area contributed by atoms with Crippen molar-refractivity contribution in [2.24, 2.45) is 7.05 Å². The lowest BCUT2D eigenvalue weighted by Gasteiger charge is -2.11. The van der Waals surface area contributed by atoms with Gasteiger partial charge in [0.25, 0.3) is 5.91 Å². The lowest BCUT2D eigenvalue weighted by molar-refractivity contribution is -0.0501. The zero-order valence-corrected chi connectivity index (χ0v) is 10.5. The van der Waals surface area contributed by atoms with Crippen LogP contribution in [0.1, 0.15) is 10.4 Å². The van der Waals surface area contributed by atoms with Crippen molar-refractivity contribution < 1.29 is 18.3 Å². The number of anilines is 2. The lowest BCUT2D eigenvalue weighted by atomic mass is 10.2. The summed E-state index contributed by atoms with van der Waals surface area (Å²) in [6.07, 6.45) is 1.37. The van der Waals surface area contributed by atoms with Gasteiger partial charge in [-0.05, 0) is 12.1 Å². The number of para-hydroxylation sites is 1. The van der Waals surface area contributed by atoms with Crippen LogP contribution in [-0.4, -0.2) is 22.3 Å². The molecule has 0 fully saturated rings. The second-order valence-corrected chi connectivity index (χ2v) is 3.90. The summed E-state index contributed by atoms with van der Waals surface area (Å²) >= 11 is 0. The molecule has 0 unspecified atom stereocenters. The minimum Gasteiger partial charge on any atom is -0.434 e. The number of hydrogen-bond acceptors (Lipinski definition) is 4. The molecule has 0 atom stereocenters. The maximum atomic E-state index is 12.3. The number of halogens is 2. The van der Waals surface area contributed by atoms with Crippen LogP contribution < -0.4 is 15.8 Å². The highest BCUT2D eigenvalue weighted by atomic mass is 19.3. The third-order valence-corrected chi connectivity index (χ3v) is 2.55. The third-order valence-electron chi connectivity index (χ3n) is 2.55. The van der Waals surface area contributed by atoms with Gasteiger partial charge in [-0.2, -0.15) is 13.9 Å². The summed E-state index contributed by atoms with van der Waals surface area (Å²) in [5.41, 5.74) is 5.89. The number of amides is 1. The van der Waals surface area contributed by atoms with Crippen LogP contribution in [0.4, 0.5) is 20.3 Å². The van der Waals surface area contributed by atoms with Crippen molar-refractivity contribution >= 4 is 17.4 Å². The number of rotatable bonds is 4. The Morgan fingerprint density at radius 1 is 1.45 bits per heavy atom. The molecule has 3 N–H and O–H groups in total. The summed E-state index contributed by atoms with van der Waals surface area (Å²) in [5.74, 6) is -0.542. The van der Waals surface area contributed by atoms with E-state index in [0.29, 0.717) is 0 Å². The molecule has 0 aliphatic heterocycles. The number of carbonyl (C=O) groups excluding carboxylic acids is 1.